The van der Waals surface area contributed by atoms with Crippen molar-refractivity contribution in [3.8, 4) is 5.69 Å². The van der Waals surface area contributed by atoms with E-state index in [1.165, 1.54) is 18.4 Å². The van der Waals surface area contributed by atoms with E-state index >= 15 is 0 Å². The molecule has 0 aliphatic heterocycles. The lowest BCUT2D eigenvalue weighted by Crippen LogP contribution is -1.95. The van der Waals surface area contributed by atoms with Gasteiger partial charge < -0.3 is 5.11 Å². The van der Waals surface area contributed by atoms with Gasteiger partial charge in [0.05, 0.1) is 18.5 Å². The lowest BCUT2D eigenvalue weighted by Gasteiger charge is -2.02. The third-order valence-electron chi connectivity index (χ3n) is 2.72. The highest BCUT2D eigenvalue weighted by Crippen LogP contribution is 2.11. The second kappa shape index (κ2) is 5.59. The number of aromatic nitrogens is 3. The molecule has 1 aromatic carbocycles. The molecule has 0 radical (unpaired) electrons. The Morgan fingerprint density at radius 1 is 1.24 bits per heavy atom. The van der Waals surface area contributed by atoms with Crippen LogP contribution in [0.15, 0.2) is 30.5 Å². The second-order valence-corrected chi connectivity index (χ2v) is 4.08. The van der Waals surface area contributed by atoms with E-state index in [4.69, 9.17) is 5.11 Å². The van der Waals surface area contributed by atoms with Gasteiger partial charge in [-0.05, 0) is 30.5 Å². The summed E-state index contributed by atoms with van der Waals surface area (Å²) in [6.07, 6.45) is 5.29. The minimum absolute atomic E-state index is 0.0748. The monoisotopic (exact) mass is 231 g/mol. The first kappa shape index (κ1) is 11.8. The van der Waals surface area contributed by atoms with Crippen LogP contribution in [0.2, 0.25) is 0 Å². The van der Waals surface area contributed by atoms with Crippen LogP contribution in [0.1, 0.15) is 31.0 Å². The Balaban J connectivity index is 2.11. The molecule has 4 heteroatoms. The Bertz CT molecular complexity index is 462. The Morgan fingerprint density at radius 3 is 2.59 bits per heavy atom. The molecule has 4 nitrogen and oxygen atoms in total. The second-order valence-electron chi connectivity index (χ2n) is 4.08. The summed E-state index contributed by atoms with van der Waals surface area (Å²) in [5.74, 6) is 0. The van der Waals surface area contributed by atoms with Crippen LogP contribution in [-0.4, -0.2) is 20.1 Å². The average molecular weight is 231 g/mol. The molecule has 0 fully saturated rings. The van der Waals surface area contributed by atoms with E-state index < -0.39 is 0 Å². The van der Waals surface area contributed by atoms with Crippen molar-refractivity contribution in [2.75, 3.05) is 0 Å². The summed E-state index contributed by atoms with van der Waals surface area (Å²) in [4.78, 5) is 0. The zero-order valence-corrected chi connectivity index (χ0v) is 10.0. The summed E-state index contributed by atoms with van der Waals surface area (Å²) < 4.78 is 1.68. The summed E-state index contributed by atoms with van der Waals surface area (Å²) >= 11 is 0. The zero-order chi connectivity index (χ0) is 12.1. The molecule has 0 unspecified atom stereocenters. The minimum Gasteiger partial charge on any atom is -0.390 e. The number of aliphatic hydroxyl groups excluding tert-OH is 1. The van der Waals surface area contributed by atoms with Crippen LogP contribution >= 0.6 is 0 Å². The number of hydrogen-bond donors (Lipinski definition) is 1. The molecule has 90 valence electrons. The van der Waals surface area contributed by atoms with E-state index in [0.29, 0.717) is 5.69 Å². The Morgan fingerprint density at radius 2 is 2.00 bits per heavy atom. The maximum atomic E-state index is 8.92. The van der Waals surface area contributed by atoms with Crippen molar-refractivity contribution in [3.63, 3.8) is 0 Å². The van der Waals surface area contributed by atoms with Crippen LogP contribution < -0.4 is 0 Å². The number of rotatable bonds is 5. The molecule has 1 heterocycles. The Kier molecular flexibility index (Phi) is 3.88. The van der Waals surface area contributed by atoms with Gasteiger partial charge in [-0.2, -0.15) is 0 Å². The zero-order valence-electron chi connectivity index (χ0n) is 10.0. The Hall–Kier alpha value is -1.68. The van der Waals surface area contributed by atoms with E-state index in [-0.39, 0.29) is 6.61 Å². The van der Waals surface area contributed by atoms with Gasteiger partial charge in [0.2, 0.25) is 0 Å². The molecule has 2 aromatic rings. The van der Waals surface area contributed by atoms with Crippen molar-refractivity contribution in [1.29, 1.82) is 0 Å². The van der Waals surface area contributed by atoms with Crippen LogP contribution in [0.3, 0.4) is 0 Å². The summed E-state index contributed by atoms with van der Waals surface area (Å²) in [7, 11) is 0. The quantitative estimate of drug-likeness (QED) is 0.857. The van der Waals surface area contributed by atoms with Gasteiger partial charge in [-0.1, -0.05) is 30.7 Å². The maximum Gasteiger partial charge on any atom is 0.109 e. The largest absolute Gasteiger partial charge is 0.390 e. The van der Waals surface area contributed by atoms with Gasteiger partial charge >= 0.3 is 0 Å². The standard InChI is InChI=1S/C13H17N3O/c1-2-3-4-11-5-7-13(8-6-11)16-9-12(10-17)14-15-16/h5-9,17H,2-4,10H2,1H3. The molecule has 0 aliphatic carbocycles. The van der Waals surface area contributed by atoms with E-state index in [2.05, 4.69) is 29.4 Å². The fourth-order valence-electron chi connectivity index (χ4n) is 1.69. The van der Waals surface area contributed by atoms with E-state index in [9.17, 15) is 0 Å². The van der Waals surface area contributed by atoms with E-state index in [0.717, 1.165) is 12.1 Å². The average Bonchev–Trinajstić information content (AvgIpc) is 2.86. The maximum absolute atomic E-state index is 8.92. The van der Waals surface area contributed by atoms with E-state index in [1.807, 2.05) is 12.1 Å². The topological polar surface area (TPSA) is 50.9 Å². The van der Waals surface area contributed by atoms with Gasteiger partial charge in [0.15, 0.2) is 0 Å². The first-order chi connectivity index (χ1) is 8.33. The predicted octanol–water partition coefficient (Wildman–Crippen LogP) is 2.10. The summed E-state index contributed by atoms with van der Waals surface area (Å²) in [6.45, 7) is 2.12. The molecule has 0 saturated heterocycles. The van der Waals surface area contributed by atoms with Gasteiger partial charge in [-0.25, -0.2) is 4.68 Å². The van der Waals surface area contributed by atoms with Crippen LogP contribution in [-0.2, 0) is 13.0 Å². The summed E-state index contributed by atoms with van der Waals surface area (Å²) in [5, 5.41) is 16.7. The van der Waals surface area contributed by atoms with E-state index in [1.54, 1.807) is 10.9 Å². The molecule has 0 spiro atoms. The highest BCUT2D eigenvalue weighted by molar-refractivity contribution is 5.33. The van der Waals surface area contributed by atoms with Gasteiger partial charge in [0, 0.05) is 0 Å². The van der Waals surface area contributed by atoms with Gasteiger partial charge in [-0.3, -0.25) is 0 Å². The van der Waals surface area contributed by atoms with Gasteiger partial charge in [-0.15, -0.1) is 5.10 Å². The third kappa shape index (κ3) is 2.91. The molecule has 2 rings (SSSR count). The molecule has 0 bridgehead atoms. The highest BCUT2D eigenvalue weighted by Gasteiger charge is 2.01. The SMILES string of the molecule is CCCCc1ccc(-n2cc(CO)nn2)cc1. The number of aliphatic hydroxyl groups is 1. The number of unbranched alkanes of at least 4 members (excludes halogenated alkanes) is 1. The number of hydrogen-bond acceptors (Lipinski definition) is 3. The molecule has 1 N–H and O–H groups in total. The molecular weight excluding hydrogens is 214 g/mol. The van der Waals surface area contributed by atoms with Crippen molar-refractivity contribution in [3.05, 3.63) is 41.7 Å². The number of aryl methyl sites for hydroxylation is 1. The van der Waals surface area contributed by atoms with Crippen molar-refractivity contribution < 1.29 is 5.11 Å². The van der Waals surface area contributed by atoms with Crippen LogP contribution in [0.25, 0.3) is 5.69 Å². The first-order valence-electron chi connectivity index (χ1n) is 5.95. The molecule has 0 amide bonds. The summed E-state index contributed by atoms with van der Waals surface area (Å²) in [5.41, 5.74) is 2.90. The highest BCUT2D eigenvalue weighted by atomic mass is 16.3. The molecule has 0 aliphatic rings. The van der Waals surface area contributed by atoms with Crippen molar-refractivity contribution in [1.82, 2.24) is 15.0 Å². The number of nitrogens with zero attached hydrogens (tertiary/aromatic N) is 3. The van der Waals surface area contributed by atoms with Crippen LogP contribution in [0, 0.1) is 0 Å². The first-order valence-corrected chi connectivity index (χ1v) is 5.95. The molecule has 1 aromatic heterocycles. The minimum atomic E-state index is -0.0748. The normalized spacial score (nSPS) is 10.7. The van der Waals surface area contributed by atoms with Crippen molar-refractivity contribution in [2.45, 2.75) is 32.8 Å². The smallest absolute Gasteiger partial charge is 0.109 e. The van der Waals surface area contributed by atoms with Gasteiger partial charge in [0.25, 0.3) is 0 Å². The Labute approximate surface area is 101 Å². The lowest BCUT2D eigenvalue weighted by molar-refractivity contribution is 0.276. The fraction of sp³-hybridized carbons (Fsp3) is 0.385. The molecule has 0 atom stereocenters. The van der Waals surface area contributed by atoms with Gasteiger partial charge in [0.1, 0.15) is 5.69 Å². The van der Waals surface area contributed by atoms with Crippen molar-refractivity contribution in [2.24, 2.45) is 0 Å². The predicted molar refractivity (Wildman–Crippen MR) is 65.9 cm³/mol. The fourth-order valence-corrected chi connectivity index (χ4v) is 1.69. The lowest BCUT2D eigenvalue weighted by atomic mass is 10.1. The molecular formula is C13H17N3O. The third-order valence-corrected chi connectivity index (χ3v) is 2.72. The molecule has 17 heavy (non-hydrogen) atoms. The van der Waals surface area contributed by atoms with Crippen LogP contribution in [0.5, 0.6) is 0 Å². The molecule has 0 saturated carbocycles. The number of benzene rings is 1. The van der Waals surface area contributed by atoms with Crippen LogP contribution in [0.4, 0.5) is 0 Å². The summed E-state index contributed by atoms with van der Waals surface area (Å²) in [6, 6.07) is 8.29. The van der Waals surface area contributed by atoms with Crippen molar-refractivity contribution >= 4 is 0 Å².